The molecule has 0 heterocycles. The fourth-order valence-electron chi connectivity index (χ4n) is 1.05. The highest BCUT2D eigenvalue weighted by Gasteiger charge is 2.21. The van der Waals surface area contributed by atoms with Gasteiger partial charge in [0, 0.05) is 4.47 Å². The third-order valence-corrected chi connectivity index (χ3v) is 2.69. The second-order valence-corrected chi connectivity index (χ2v) is 5.14. The summed E-state index contributed by atoms with van der Waals surface area (Å²) < 4.78 is 0.800. The fraction of sp³-hybridized carbons (Fsp3) is 0.273. The molecule has 1 aromatic carbocycles. The van der Waals surface area contributed by atoms with E-state index in [1.54, 1.807) is 32.0 Å². The Morgan fingerprint density at radius 1 is 1.56 bits per heavy atom. The van der Waals surface area contributed by atoms with Gasteiger partial charge in [-0.05, 0) is 32.0 Å². The van der Waals surface area contributed by atoms with E-state index in [4.69, 9.17) is 16.9 Å². The van der Waals surface area contributed by atoms with Gasteiger partial charge in [0.25, 0.3) is 5.91 Å². The number of halogens is 2. The maximum atomic E-state index is 11.8. The maximum absolute atomic E-state index is 11.8. The minimum absolute atomic E-state index is 0.348. The molecule has 3 nitrogen and oxygen atoms in total. The van der Waals surface area contributed by atoms with E-state index in [1.807, 2.05) is 6.07 Å². The number of carbonyl (C=O) groups is 1. The lowest BCUT2D eigenvalue weighted by molar-refractivity contribution is 0.0929. The topological polar surface area (TPSA) is 52.9 Å². The van der Waals surface area contributed by atoms with Crippen LogP contribution < -0.4 is 5.32 Å². The zero-order valence-electron chi connectivity index (χ0n) is 8.84. The van der Waals surface area contributed by atoms with Gasteiger partial charge < -0.3 is 5.32 Å². The highest BCUT2D eigenvalue weighted by Crippen LogP contribution is 2.21. The molecule has 1 rings (SSSR count). The van der Waals surface area contributed by atoms with Crippen LogP contribution in [0.15, 0.2) is 22.7 Å². The van der Waals surface area contributed by atoms with Gasteiger partial charge in [0.05, 0.1) is 16.7 Å². The summed E-state index contributed by atoms with van der Waals surface area (Å²) in [6, 6.07) is 6.95. The summed E-state index contributed by atoms with van der Waals surface area (Å²) in [5, 5.41) is 11.7. The van der Waals surface area contributed by atoms with Crippen LogP contribution in [-0.2, 0) is 0 Å². The number of nitriles is 1. The molecule has 5 heteroatoms. The molecule has 0 aliphatic heterocycles. The van der Waals surface area contributed by atoms with Crippen LogP contribution in [0.1, 0.15) is 24.2 Å². The SMILES string of the molecule is CC(C)(C#N)NC(=O)c1ccc(Br)cc1Cl. The average molecular weight is 302 g/mol. The van der Waals surface area contributed by atoms with Gasteiger partial charge in [0.15, 0.2) is 0 Å². The standard InChI is InChI=1S/C11H10BrClN2O/c1-11(2,6-14)15-10(16)8-4-3-7(12)5-9(8)13/h3-5H,1-2H3,(H,15,16). The molecule has 0 saturated carbocycles. The number of hydrogen-bond acceptors (Lipinski definition) is 2. The molecule has 0 spiro atoms. The molecule has 1 N–H and O–H groups in total. The highest BCUT2D eigenvalue weighted by atomic mass is 79.9. The first kappa shape index (κ1) is 13.0. The lowest BCUT2D eigenvalue weighted by Gasteiger charge is -2.17. The van der Waals surface area contributed by atoms with Crippen LogP contribution >= 0.6 is 27.5 Å². The first-order valence-electron chi connectivity index (χ1n) is 4.54. The van der Waals surface area contributed by atoms with Crippen LogP contribution in [-0.4, -0.2) is 11.4 Å². The highest BCUT2D eigenvalue weighted by molar-refractivity contribution is 9.10. The molecule has 0 radical (unpaired) electrons. The summed E-state index contributed by atoms with van der Waals surface area (Å²) in [6.45, 7) is 3.25. The molecular weight excluding hydrogens is 291 g/mol. The molecule has 1 amide bonds. The van der Waals surface area contributed by atoms with E-state index < -0.39 is 5.54 Å². The van der Waals surface area contributed by atoms with Crippen LogP contribution in [0.5, 0.6) is 0 Å². The van der Waals surface area contributed by atoms with Crippen molar-refractivity contribution in [1.82, 2.24) is 5.32 Å². The summed E-state index contributed by atoms with van der Waals surface area (Å²) in [6.07, 6.45) is 0. The molecule has 0 atom stereocenters. The van der Waals surface area contributed by atoms with Gasteiger partial charge in [0.2, 0.25) is 0 Å². The van der Waals surface area contributed by atoms with Crippen molar-refractivity contribution in [3.63, 3.8) is 0 Å². The van der Waals surface area contributed by atoms with Crippen LogP contribution in [0, 0.1) is 11.3 Å². The molecule has 1 aromatic rings. The van der Waals surface area contributed by atoms with Crippen LogP contribution in [0.25, 0.3) is 0 Å². The van der Waals surface area contributed by atoms with Crippen molar-refractivity contribution in [2.75, 3.05) is 0 Å². The lowest BCUT2D eigenvalue weighted by atomic mass is 10.1. The van der Waals surface area contributed by atoms with Gasteiger partial charge in [-0.3, -0.25) is 4.79 Å². The Morgan fingerprint density at radius 3 is 2.69 bits per heavy atom. The van der Waals surface area contributed by atoms with E-state index in [9.17, 15) is 4.79 Å². The number of rotatable bonds is 2. The van der Waals surface area contributed by atoms with Gasteiger partial charge in [-0.15, -0.1) is 0 Å². The minimum Gasteiger partial charge on any atom is -0.334 e. The fourth-order valence-corrected chi connectivity index (χ4v) is 1.81. The van der Waals surface area contributed by atoms with E-state index in [-0.39, 0.29) is 5.91 Å². The Balaban J connectivity index is 2.95. The number of hydrogen-bond donors (Lipinski definition) is 1. The Morgan fingerprint density at radius 2 is 2.19 bits per heavy atom. The molecule has 0 saturated heterocycles. The zero-order valence-corrected chi connectivity index (χ0v) is 11.2. The van der Waals surface area contributed by atoms with Crippen molar-refractivity contribution in [3.05, 3.63) is 33.3 Å². The van der Waals surface area contributed by atoms with Gasteiger partial charge >= 0.3 is 0 Å². The van der Waals surface area contributed by atoms with Crippen LogP contribution in [0.3, 0.4) is 0 Å². The van der Waals surface area contributed by atoms with Crippen molar-refractivity contribution in [2.45, 2.75) is 19.4 Å². The molecule has 0 unspecified atom stereocenters. The maximum Gasteiger partial charge on any atom is 0.254 e. The Labute approximate surface area is 108 Å². The number of carbonyl (C=O) groups excluding carboxylic acids is 1. The van der Waals surface area contributed by atoms with E-state index in [1.165, 1.54) is 0 Å². The van der Waals surface area contributed by atoms with Crippen molar-refractivity contribution < 1.29 is 4.79 Å². The smallest absolute Gasteiger partial charge is 0.254 e. The van der Waals surface area contributed by atoms with E-state index >= 15 is 0 Å². The van der Waals surface area contributed by atoms with E-state index in [2.05, 4.69) is 21.2 Å². The zero-order chi connectivity index (χ0) is 12.3. The van der Waals surface area contributed by atoms with Crippen molar-refractivity contribution in [3.8, 4) is 6.07 Å². The predicted octanol–water partition coefficient (Wildman–Crippen LogP) is 3.13. The van der Waals surface area contributed by atoms with Crippen LogP contribution in [0.2, 0.25) is 5.02 Å². The Kier molecular flexibility index (Phi) is 3.95. The van der Waals surface area contributed by atoms with E-state index in [0.717, 1.165) is 4.47 Å². The average Bonchev–Trinajstić information content (AvgIpc) is 2.16. The van der Waals surface area contributed by atoms with Gasteiger partial charge in [-0.2, -0.15) is 5.26 Å². The Bertz CT molecular complexity index is 466. The van der Waals surface area contributed by atoms with Gasteiger partial charge in [-0.25, -0.2) is 0 Å². The number of nitrogens with zero attached hydrogens (tertiary/aromatic N) is 1. The summed E-state index contributed by atoms with van der Waals surface area (Å²) in [7, 11) is 0. The van der Waals surface area contributed by atoms with Crippen molar-refractivity contribution in [1.29, 1.82) is 5.26 Å². The van der Waals surface area contributed by atoms with Gasteiger partial charge in [-0.1, -0.05) is 27.5 Å². The molecular formula is C11H10BrClN2O. The second kappa shape index (κ2) is 4.86. The van der Waals surface area contributed by atoms with Crippen molar-refractivity contribution in [2.24, 2.45) is 0 Å². The summed E-state index contributed by atoms with van der Waals surface area (Å²) >= 11 is 9.17. The first-order chi connectivity index (χ1) is 7.35. The normalized spacial score (nSPS) is 10.7. The van der Waals surface area contributed by atoms with Crippen LogP contribution in [0.4, 0.5) is 0 Å². The third-order valence-electron chi connectivity index (χ3n) is 1.88. The predicted molar refractivity (Wildman–Crippen MR) is 66.3 cm³/mol. The Hall–Kier alpha value is -1.05. The monoisotopic (exact) mass is 300 g/mol. The largest absolute Gasteiger partial charge is 0.334 e. The molecule has 16 heavy (non-hydrogen) atoms. The summed E-state index contributed by atoms with van der Waals surface area (Å²) in [5.74, 6) is -0.357. The summed E-state index contributed by atoms with van der Waals surface area (Å²) in [5.41, 5.74) is -0.554. The lowest BCUT2D eigenvalue weighted by Crippen LogP contribution is -2.42. The molecule has 0 bridgehead atoms. The third kappa shape index (κ3) is 3.22. The van der Waals surface area contributed by atoms with E-state index in [0.29, 0.717) is 10.6 Å². The molecule has 84 valence electrons. The molecule has 0 fully saturated rings. The van der Waals surface area contributed by atoms with Crippen molar-refractivity contribution >= 4 is 33.4 Å². The molecule has 0 aliphatic rings. The molecule has 0 aromatic heterocycles. The molecule has 0 aliphatic carbocycles. The first-order valence-corrected chi connectivity index (χ1v) is 5.71. The second-order valence-electron chi connectivity index (χ2n) is 3.82. The number of amides is 1. The minimum atomic E-state index is -0.909. The number of nitrogens with one attached hydrogen (secondary N) is 1. The summed E-state index contributed by atoms with van der Waals surface area (Å²) in [4.78, 5) is 11.8. The quantitative estimate of drug-likeness (QED) is 0.912. The van der Waals surface area contributed by atoms with Gasteiger partial charge in [0.1, 0.15) is 5.54 Å². The number of benzene rings is 1.